The summed E-state index contributed by atoms with van der Waals surface area (Å²) in [5.74, 6) is -3.92. The first-order chi connectivity index (χ1) is 30.0. The largest absolute Gasteiger partial charge is 0.346 e. The van der Waals surface area contributed by atoms with E-state index in [1.54, 1.807) is 13.8 Å². The van der Waals surface area contributed by atoms with Crippen molar-refractivity contribution in [2.24, 2.45) is 11.3 Å². The molecule has 3 aromatic heterocycles. The van der Waals surface area contributed by atoms with Crippen molar-refractivity contribution in [1.82, 2.24) is 29.9 Å². The number of nitrogens with one attached hydrogen (secondary N) is 2. The highest BCUT2D eigenvalue weighted by atomic mass is 35.5. The molecule has 3 heterocycles. The molecule has 0 bridgehead atoms. The van der Waals surface area contributed by atoms with E-state index in [4.69, 9.17) is 11.6 Å². The number of fused-ring (bicyclic) bond motifs is 4. The van der Waals surface area contributed by atoms with Crippen LogP contribution in [0.2, 0.25) is 5.02 Å². The van der Waals surface area contributed by atoms with Crippen LogP contribution in [0.3, 0.4) is 0 Å². The number of carbonyl (C=O) groups excluding carboxylic acids is 1. The minimum Gasteiger partial charge on any atom is -0.346 e. The SMILES string of the molecule is CC(C)(C#Cc1ccc(-c2ccc(Cl)c3c(NS(=O)(=O)C4CC4)nn(CC(F)F)c23)c([C@H](Cc2cc(F)cc(F)c2)NC(=O)Cn2nc(C(F)F)c3c2C(F)(F)[C@@H]2CC32)n1)C[SH](=O)=O. The number of halogens is 9. The lowest BCUT2D eigenvalue weighted by Gasteiger charge is -2.23. The molecule has 23 heteroatoms. The third kappa shape index (κ3) is 9.02. The average Bonchev–Trinajstić information content (AvgIpc) is 4.10. The number of alkyl halides is 6. The number of nitrogens with zero attached hydrogens (tertiary/aromatic N) is 5. The summed E-state index contributed by atoms with van der Waals surface area (Å²) in [4.78, 5) is 18.8. The molecular weight excluding hydrogens is 922 g/mol. The van der Waals surface area contributed by atoms with Crippen molar-refractivity contribution in [1.29, 1.82) is 0 Å². The quantitative estimate of drug-likeness (QED) is 0.0550. The zero-order chi connectivity index (χ0) is 46.2. The maximum Gasteiger partial charge on any atom is 0.293 e. The van der Waals surface area contributed by atoms with Crippen LogP contribution in [-0.2, 0) is 51.0 Å². The summed E-state index contributed by atoms with van der Waals surface area (Å²) in [6.45, 7) is 1.00. The van der Waals surface area contributed by atoms with E-state index in [0.29, 0.717) is 23.6 Å². The van der Waals surface area contributed by atoms with Crippen molar-refractivity contribution in [3.05, 3.63) is 93.0 Å². The van der Waals surface area contributed by atoms with Gasteiger partial charge in [-0.3, -0.25) is 18.9 Å². The van der Waals surface area contributed by atoms with Gasteiger partial charge in [-0.05, 0) is 87.3 Å². The van der Waals surface area contributed by atoms with E-state index in [2.05, 4.69) is 37.1 Å². The predicted octanol–water partition coefficient (Wildman–Crippen LogP) is 7.63. The molecule has 1 unspecified atom stereocenters. The Kier molecular flexibility index (Phi) is 11.8. The van der Waals surface area contributed by atoms with E-state index in [9.17, 15) is 48.0 Å². The van der Waals surface area contributed by atoms with Gasteiger partial charge in [0.25, 0.3) is 18.8 Å². The van der Waals surface area contributed by atoms with Crippen molar-refractivity contribution in [3.63, 3.8) is 0 Å². The minimum atomic E-state index is -4.03. The van der Waals surface area contributed by atoms with E-state index in [1.807, 2.05) is 0 Å². The molecule has 2 saturated carbocycles. The molecule has 3 aliphatic rings. The number of benzene rings is 2. The molecule has 0 spiro atoms. The van der Waals surface area contributed by atoms with Crippen LogP contribution in [-0.4, -0.2) is 64.7 Å². The number of hydrogen-bond acceptors (Lipinski definition) is 8. The third-order valence-corrected chi connectivity index (χ3v) is 14.3. The van der Waals surface area contributed by atoms with E-state index < -0.39 is 116 Å². The summed E-state index contributed by atoms with van der Waals surface area (Å²) in [5, 5.41) is 9.56. The zero-order valence-electron chi connectivity index (χ0n) is 33.5. The van der Waals surface area contributed by atoms with Crippen molar-refractivity contribution < 1.29 is 56.8 Å². The average molecular weight is 958 g/mol. The summed E-state index contributed by atoms with van der Waals surface area (Å²) in [5.41, 5.74) is -3.51. The molecule has 3 aliphatic carbocycles. The van der Waals surface area contributed by atoms with Crippen LogP contribution >= 0.6 is 11.6 Å². The smallest absolute Gasteiger partial charge is 0.293 e. The fraction of sp³-hybridized carbons (Fsp3) is 0.415. The predicted molar refractivity (Wildman–Crippen MR) is 218 cm³/mol. The van der Waals surface area contributed by atoms with Gasteiger partial charge in [0, 0.05) is 34.1 Å². The number of rotatable bonds is 15. The van der Waals surface area contributed by atoms with E-state index in [0.717, 1.165) is 16.8 Å². The molecule has 340 valence electrons. The Balaban J connectivity index is 1.31. The molecule has 0 aliphatic heterocycles. The van der Waals surface area contributed by atoms with Crippen LogP contribution in [0.4, 0.5) is 40.9 Å². The van der Waals surface area contributed by atoms with Crippen LogP contribution in [0, 0.1) is 34.8 Å². The molecule has 0 saturated heterocycles. The molecule has 2 aromatic carbocycles. The number of aromatic nitrogens is 5. The maximum absolute atomic E-state index is 15.5. The minimum absolute atomic E-state index is 0.0230. The fourth-order valence-electron chi connectivity index (χ4n) is 8.20. The topological polar surface area (TPSA) is 158 Å². The molecule has 1 amide bonds. The first-order valence-electron chi connectivity index (χ1n) is 19.7. The standard InChI is InChI=1S/C41H36ClF8N7O5S2/c1-40(2,18-63(59)60)10-9-22-3-6-24(25-7-8-28(42)33-36(25)56(16-30(45)46)54-39(33)55-64(61,62)23-4-5-23)34(51-22)29(13-19-11-20(43)14-21(44)12-19)52-31(58)17-57-37-32(35(53-57)38(47)48)26-15-27(26)41(37,49)50/h3,6-8,11-12,14,23,26-27,29-30,38,63H,4-5,13,15-18H2,1-2H3,(H,52,58)(H,54,55)/t26?,27-,29+/m1/s1. The Labute approximate surface area is 366 Å². The van der Waals surface area contributed by atoms with Gasteiger partial charge in [0.2, 0.25) is 15.9 Å². The van der Waals surface area contributed by atoms with Crippen molar-refractivity contribution >= 4 is 55.0 Å². The van der Waals surface area contributed by atoms with Gasteiger partial charge in [0.15, 0.2) is 5.82 Å². The van der Waals surface area contributed by atoms with Crippen LogP contribution in [0.25, 0.3) is 22.0 Å². The lowest BCUT2D eigenvalue weighted by Crippen LogP contribution is -2.35. The highest BCUT2D eigenvalue weighted by molar-refractivity contribution is 7.93. The lowest BCUT2D eigenvalue weighted by atomic mass is 9.93. The summed E-state index contributed by atoms with van der Waals surface area (Å²) >= 11 is 6.63. The summed E-state index contributed by atoms with van der Waals surface area (Å²) < 4.78 is 170. The van der Waals surface area contributed by atoms with Gasteiger partial charge < -0.3 is 5.32 Å². The van der Waals surface area contributed by atoms with Gasteiger partial charge in [-0.25, -0.2) is 48.2 Å². The van der Waals surface area contributed by atoms with Gasteiger partial charge in [-0.15, -0.1) is 0 Å². The van der Waals surface area contributed by atoms with Crippen molar-refractivity contribution in [2.45, 2.75) is 88.6 Å². The summed E-state index contributed by atoms with van der Waals surface area (Å²) in [6.07, 6.45) is -6.10. The zero-order valence-corrected chi connectivity index (χ0v) is 36.0. The number of sulfonamides is 1. The molecular formula is C41H36ClF8N7O5S2. The van der Waals surface area contributed by atoms with Gasteiger partial charge >= 0.3 is 0 Å². The number of amides is 1. The Hall–Kier alpha value is -5.27. The third-order valence-electron chi connectivity index (χ3n) is 11.1. The Morgan fingerprint density at radius 2 is 1.69 bits per heavy atom. The lowest BCUT2D eigenvalue weighted by molar-refractivity contribution is -0.123. The number of pyridine rings is 1. The second kappa shape index (κ2) is 16.6. The second-order valence-electron chi connectivity index (χ2n) is 16.6. The number of anilines is 1. The van der Waals surface area contributed by atoms with Gasteiger partial charge in [0.05, 0.1) is 38.7 Å². The van der Waals surface area contributed by atoms with Crippen molar-refractivity contribution in [2.75, 3.05) is 10.5 Å². The Morgan fingerprint density at radius 1 is 1.00 bits per heavy atom. The van der Waals surface area contributed by atoms with Gasteiger partial charge in [-0.1, -0.05) is 23.6 Å². The Morgan fingerprint density at radius 3 is 2.33 bits per heavy atom. The normalized spacial score (nSPS) is 18.3. The Bertz CT molecular complexity index is 2950. The molecule has 12 nitrogen and oxygen atoms in total. The van der Waals surface area contributed by atoms with Crippen LogP contribution in [0.1, 0.15) is 85.4 Å². The van der Waals surface area contributed by atoms with Gasteiger partial charge in [-0.2, -0.15) is 19.0 Å². The molecule has 8 rings (SSSR count). The maximum atomic E-state index is 15.5. The van der Waals surface area contributed by atoms with Crippen LogP contribution in [0.5, 0.6) is 0 Å². The van der Waals surface area contributed by atoms with E-state index in [-0.39, 0.29) is 67.6 Å². The first kappa shape index (κ1) is 45.3. The fourth-order valence-corrected chi connectivity index (χ4v) is 10.5. The molecule has 0 radical (unpaired) electrons. The highest BCUT2D eigenvalue weighted by Gasteiger charge is 2.67. The number of thiol groups is 1. The molecule has 2 fully saturated rings. The molecule has 64 heavy (non-hydrogen) atoms. The van der Waals surface area contributed by atoms with Crippen molar-refractivity contribution in [3.8, 4) is 23.0 Å². The molecule has 2 N–H and O–H groups in total. The number of carbonyl (C=O) groups is 1. The molecule has 5 aromatic rings. The number of hydrogen-bond donors (Lipinski definition) is 3. The first-order valence-corrected chi connectivity index (χ1v) is 23.0. The highest BCUT2D eigenvalue weighted by Crippen LogP contribution is 2.68. The summed E-state index contributed by atoms with van der Waals surface area (Å²) in [6, 6.07) is 6.43. The summed E-state index contributed by atoms with van der Waals surface area (Å²) in [7, 11) is -6.91. The van der Waals surface area contributed by atoms with Crippen LogP contribution < -0.4 is 10.0 Å². The van der Waals surface area contributed by atoms with E-state index in [1.165, 1.54) is 24.3 Å². The monoisotopic (exact) mass is 957 g/mol. The van der Waals surface area contributed by atoms with Crippen LogP contribution in [0.15, 0.2) is 42.5 Å². The second-order valence-corrected chi connectivity index (χ2v) is 20.0. The van der Waals surface area contributed by atoms with E-state index >= 15 is 8.78 Å². The molecule has 3 atom stereocenters. The van der Waals surface area contributed by atoms with Gasteiger partial charge in [0.1, 0.15) is 52.5 Å².